The van der Waals surface area contributed by atoms with Gasteiger partial charge in [0.05, 0.1) is 11.6 Å². The minimum Gasteiger partial charge on any atom is -0.389 e. The molecule has 3 aromatic rings. The molecule has 0 saturated carbocycles. The summed E-state index contributed by atoms with van der Waals surface area (Å²) in [7, 11) is 0. The molecule has 4 nitrogen and oxygen atoms in total. The van der Waals surface area contributed by atoms with Crippen molar-refractivity contribution < 1.29 is 5.11 Å². The van der Waals surface area contributed by atoms with E-state index in [-0.39, 0.29) is 0 Å². The molecule has 0 bridgehead atoms. The van der Waals surface area contributed by atoms with Crippen LogP contribution in [0, 0.1) is 18.3 Å². The van der Waals surface area contributed by atoms with Gasteiger partial charge >= 0.3 is 0 Å². The second-order valence-corrected chi connectivity index (χ2v) is 5.33. The summed E-state index contributed by atoms with van der Waals surface area (Å²) in [6.07, 6.45) is 2.80. The highest BCUT2D eigenvalue weighted by molar-refractivity contribution is 5.89. The van der Waals surface area contributed by atoms with Crippen LogP contribution in [0.15, 0.2) is 42.7 Å². The number of nitriles is 1. The highest BCUT2D eigenvalue weighted by atomic mass is 16.3. The average molecular weight is 289 g/mol. The SMILES string of the molecule is Cc1cc(C(C)O)c2cc(-c3cccnc3)c(C#N)nc2c1. The fraction of sp³-hybridized carbons (Fsp3) is 0.167. The van der Waals surface area contributed by atoms with Gasteiger partial charge in [-0.3, -0.25) is 4.98 Å². The first-order valence-corrected chi connectivity index (χ1v) is 7.04. The lowest BCUT2D eigenvalue weighted by molar-refractivity contribution is 0.201. The van der Waals surface area contributed by atoms with Crippen molar-refractivity contribution in [2.45, 2.75) is 20.0 Å². The van der Waals surface area contributed by atoms with Crippen LogP contribution in [0.1, 0.15) is 29.8 Å². The van der Waals surface area contributed by atoms with Crippen LogP contribution in [0.5, 0.6) is 0 Å². The molecule has 1 atom stereocenters. The molecular formula is C18H15N3O. The van der Waals surface area contributed by atoms with E-state index in [1.54, 1.807) is 19.3 Å². The van der Waals surface area contributed by atoms with Gasteiger partial charge in [-0.05, 0) is 43.2 Å². The maximum absolute atomic E-state index is 10.0. The summed E-state index contributed by atoms with van der Waals surface area (Å²) in [5.41, 5.74) is 4.48. The number of benzene rings is 1. The minimum atomic E-state index is -0.598. The predicted molar refractivity (Wildman–Crippen MR) is 85.1 cm³/mol. The van der Waals surface area contributed by atoms with Gasteiger partial charge in [0, 0.05) is 28.9 Å². The van der Waals surface area contributed by atoms with Crippen molar-refractivity contribution in [1.29, 1.82) is 5.26 Å². The molecule has 1 unspecified atom stereocenters. The fourth-order valence-electron chi connectivity index (χ4n) is 2.62. The van der Waals surface area contributed by atoms with Crippen LogP contribution in [0.25, 0.3) is 22.0 Å². The number of rotatable bonds is 2. The van der Waals surface area contributed by atoms with E-state index in [0.717, 1.165) is 33.2 Å². The molecule has 0 aliphatic carbocycles. The maximum Gasteiger partial charge on any atom is 0.149 e. The molecule has 0 radical (unpaired) electrons. The van der Waals surface area contributed by atoms with Gasteiger partial charge in [0.15, 0.2) is 0 Å². The molecule has 0 amide bonds. The number of hydrogen-bond donors (Lipinski definition) is 1. The number of aliphatic hydroxyl groups is 1. The Morgan fingerprint density at radius 2 is 2.09 bits per heavy atom. The summed E-state index contributed by atoms with van der Waals surface area (Å²) in [6.45, 7) is 3.68. The van der Waals surface area contributed by atoms with Gasteiger partial charge in [-0.15, -0.1) is 0 Å². The van der Waals surface area contributed by atoms with Crippen LogP contribution in [0.3, 0.4) is 0 Å². The monoisotopic (exact) mass is 289 g/mol. The molecule has 3 rings (SSSR count). The molecule has 1 aromatic carbocycles. The first-order valence-electron chi connectivity index (χ1n) is 7.04. The number of aliphatic hydroxyl groups excluding tert-OH is 1. The quantitative estimate of drug-likeness (QED) is 0.783. The van der Waals surface area contributed by atoms with E-state index in [1.165, 1.54) is 0 Å². The van der Waals surface area contributed by atoms with E-state index < -0.39 is 6.10 Å². The average Bonchev–Trinajstić information content (AvgIpc) is 2.53. The number of aromatic nitrogens is 2. The number of hydrogen-bond acceptors (Lipinski definition) is 4. The van der Waals surface area contributed by atoms with E-state index in [0.29, 0.717) is 5.69 Å². The third-order valence-corrected chi connectivity index (χ3v) is 3.64. The molecule has 2 aromatic heterocycles. The van der Waals surface area contributed by atoms with Crippen LogP contribution in [-0.2, 0) is 0 Å². The molecule has 1 N–H and O–H groups in total. The van der Waals surface area contributed by atoms with Crippen molar-refractivity contribution in [3.05, 3.63) is 59.5 Å². The molecule has 0 aliphatic rings. The van der Waals surface area contributed by atoms with E-state index in [4.69, 9.17) is 0 Å². The Balaban J connectivity index is 2.37. The van der Waals surface area contributed by atoms with E-state index in [2.05, 4.69) is 16.0 Å². The van der Waals surface area contributed by atoms with Gasteiger partial charge in [0.1, 0.15) is 11.8 Å². The molecule has 108 valence electrons. The van der Waals surface area contributed by atoms with Crippen LogP contribution in [0.2, 0.25) is 0 Å². The van der Waals surface area contributed by atoms with Crippen molar-refractivity contribution in [1.82, 2.24) is 9.97 Å². The molecule has 2 heterocycles. The Hall–Kier alpha value is -2.77. The Kier molecular flexibility index (Phi) is 3.58. The summed E-state index contributed by atoms with van der Waals surface area (Å²) in [5, 5.41) is 20.3. The lowest BCUT2D eigenvalue weighted by atomic mass is 9.97. The Labute approximate surface area is 128 Å². The Morgan fingerprint density at radius 1 is 1.27 bits per heavy atom. The molecule has 0 fully saturated rings. The lowest BCUT2D eigenvalue weighted by Crippen LogP contribution is -1.98. The maximum atomic E-state index is 10.0. The number of aryl methyl sites for hydroxylation is 1. The predicted octanol–water partition coefficient (Wildman–Crippen LogP) is 3.53. The third-order valence-electron chi connectivity index (χ3n) is 3.64. The molecular weight excluding hydrogens is 274 g/mol. The van der Waals surface area contributed by atoms with Gasteiger partial charge in [-0.25, -0.2) is 4.98 Å². The Bertz CT molecular complexity index is 880. The molecule has 4 heteroatoms. The summed E-state index contributed by atoms with van der Waals surface area (Å²) >= 11 is 0. The summed E-state index contributed by atoms with van der Waals surface area (Å²) in [6, 6.07) is 11.7. The first kappa shape index (κ1) is 14.2. The summed E-state index contributed by atoms with van der Waals surface area (Å²) in [5.74, 6) is 0. The number of fused-ring (bicyclic) bond motifs is 1. The van der Waals surface area contributed by atoms with E-state index in [1.807, 2.05) is 37.3 Å². The second kappa shape index (κ2) is 5.55. The standard InChI is InChI=1S/C18H15N3O/c1-11-6-14(12(2)22)16-8-15(13-4-3-5-20-10-13)18(9-19)21-17(16)7-11/h3-8,10,12,22H,1-2H3. The normalized spacial score (nSPS) is 12.1. The largest absolute Gasteiger partial charge is 0.389 e. The lowest BCUT2D eigenvalue weighted by Gasteiger charge is -2.13. The first-order chi connectivity index (χ1) is 10.6. The summed E-state index contributed by atoms with van der Waals surface area (Å²) < 4.78 is 0. The van der Waals surface area contributed by atoms with Crippen molar-refractivity contribution in [2.75, 3.05) is 0 Å². The van der Waals surface area contributed by atoms with Crippen LogP contribution in [-0.4, -0.2) is 15.1 Å². The van der Waals surface area contributed by atoms with Gasteiger partial charge in [0.25, 0.3) is 0 Å². The van der Waals surface area contributed by atoms with Crippen LogP contribution >= 0.6 is 0 Å². The van der Waals surface area contributed by atoms with Crippen molar-refractivity contribution in [3.63, 3.8) is 0 Å². The topological polar surface area (TPSA) is 69.8 Å². The van der Waals surface area contributed by atoms with Gasteiger partial charge < -0.3 is 5.11 Å². The van der Waals surface area contributed by atoms with E-state index in [9.17, 15) is 10.4 Å². The highest BCUT2D eigenvalue weighted by Crippen LogP contribution is 2.31. The molecule has 0 spiro atoms. The number of pyridine rings is 2. The fourth-order valence-corrected chi connectivity index (χ4v) is 2.62. The zero-order valence-electron chi connectivity index (χ0n) is 12.4. The van der Waals surface area contributed by atoms with Crippen LogP contribution < -0.4 is 0 Å². The zero-order valence-corrected chi connectivity index (χ0v) is 12.4. The highest BCUT2D eigenvalue weighted by Gasteiger charge is 2.14. The van der Waals surface area contributed by atoms with Gasteiger partial charge in [-0.2, -0.15) is 5.26 Å². The number of nitrogens with zero attached hydrogens (tertiary/aromatic N) is 3. The van der Waals surface area contributed by atoms with Gasteiger partial charge in [-0.1, -0.05) is 12.1 Å². The molecule has 22 heavy (non-hydrogen) atoms. The van der Waals surface area contributed by atoms with E-state index >= 15 is 0 Å². The van der Waals surface area contributed by atoms with Gasteiger partial charge in [0.2, 0.25) is 0 Å². The zero-order chi connectivity index (χ0) is 15.7. The third kappa shape index (κ3) is 2.43. The Morgan fingerprint density at radius 3 is 2.73 bits per heavy atom. The second-order valence-electron chi connectivity index (χ2n) is 5.33. The minimum absolute atomic E-state index is 0.364. The van der Waals surface area contributed by atoms with Crippen LogP contribution in [0.4, 0.5) is 0 Å². The van der Waals surface area contributed by atoms with Crippen molar-refractivity contribution >= 4 is 10.9 Å². The molecule has 0 aliphatic heterocycles. The van der Waals surface area contributed by atoms with Crippen molar-refractivity contribution in [3.8, 4) is 17.2 Å². The molecule has 0 saturated heterocycles. The van der Waals surface area contributed by atoms with Crippen molar-refractivity contribution in [2.24, 2.45) is 0 Å². The smallest absolute Gasteiger partial charge is 0.149 e. The summed E-state index contributed by atoms with van der Waals surface area (Å²) in [4.78, 5) is 8.58.